The van der Waals surface area contributed by atoms with E-state index in [4.69, 9.17) is 10.8 Å². The van der Waals surface area contributed by atoms with Crippen molar-refractivity contribution in [2.75, 3.05) is 31.2 Å². The van der Waals surface area contributed by atoms with E-state index in [0.717, 1.165) is 19.3 Å². The van der Waals surface area contributed by atoms with Crippen LogP contribution in [0.4, 0.5) is 0 Å². The summed E-state index contributed by atoms with van der Waals surface area (Å²) in [6.07, 6.45) is 2.99. The lowest BCUT2D eigenvalue weighted by Gasteiger charge is -2.44. The zero-order valence-electron chi connectivity index (χ0n) is 11.0. The minimum Gasteiger partial charge on any atom is -0.395 e. The van der Waals surface area contributed by atoms with Crippen molar-refractivity contribution >= 4 is 15.7 Å². The number of nitrogens with zero attached hydrogens (tertiary/aromatic N) is 1. The Balaban J connectivity index is 2.14. The van der Waals surface area contributed by atoms with E-state index in [1.807, 2.05) is 0 Å². The Kier molecular flexibility index (Phi) is 4.17. The van der Waals surface area contributed by atoms with Gasteiger partial charge in [0.15, 0.2) is 9.84 Å². The minimum absolute atomic E-state index is 0.0133. The number of amides is 1. The Morgan fingerprint density at radius 1 is 1.42 bits per heavy atom. The van der Waals surface area contributed by atoms with E-state index in [9.17, 15) is 13.2 Å². The summed E-state index contributed by atoms with van der Waals surface area (Å²) in [6, 6.07) is -0.298. The topological polar surface area (TPSA) is 101 Å². The third-order valence-electron chi connectivity index (χ3n) is 4.41. The number of nitrogens with two attached hydrogens (primary N) is 1. The molecule has 3 N–H and O–H groups in total. The Morgan fingerprint density at radius 2 is 2.11 bits per heavy atom. The zero-order chi connectivity index (χ0) is 14.1. The van der Waals surface area contributed by atoms with Gasteiger partial charge in [0.25, 0.3) is 0 Å². The van der Waals surface area contributed by atoms with E-state index < -0.39 is 15.3 Å². The highest BCUT2D eigenvalue weighted by Crippen LogP contribution is 2.42. The van der Waals surface area contributed by atoms with Gasteiger partial charge in [0.05, 0.1) is 23.5 Å². The molecule has 1 heterocycles. The molecule has 0 bridgehead atoms. The molecule has 2 fully saturated rings. The van der Waals surface area contributed by atoms with Crippen LogP contribution in [0.3, 0.4) is 0 Å². The lowest BCUT2D eigenvalue weighted by Crippen LogP contribution is -2.55. The van der Waals surface area contributed by atoms with Crippen LogP contribution in [0, 0.1) is 5.41 Å². The molecule has 1 saturated carbocycles. The summed E-state index contributed by atoms with van der Waals surface area (Å²) < 4.78 is 23.1. The molecule has 2 aliphatic rings. The van der Waals surface area contributed by atoms with Crippen LogP contribution in [0.5, 0.6) is 0 Å². The molecule has 0 aromatic carbocycles. The van der Waals surface area contributed by atoms with E-state index in [1.165, 1.54) is 0 Å². The van der Waals surface area contributed by atoms with Crippen molar-refractivity contribution in [1.82, 2.24) is 4.90 Å². The third kappa shape index (κ3) is 2.78. The number of carbonyl (C=O) groups excluding carboxylic acids is 1. The highest BCUT2D eigenvalue weighted by atomic mass is 32.2. The van der Waals surface area contributed by atoms with Crippen molar-refractivity contribution in [3.05, 3.63) is 0 Å². The second-order valence-electron chi connectivity index (χ2n) is 5.62. The molecule has 2 rings (SSSR count). The van der Waals surface area contributed by atoms with Gasteiger partial charge in [-0.1, -0.05) is 6.42 Å². The first kappa shape index (κ1) is 14.7. The Morgan fingerprint density at radius 3 is 2.47 bits per heavy atom. The Labute approximate surface area is 113 Å². The van der Waals surface area contributed by atoms with Crippen LogP contribution in [-0.4, -0.2) is 61.6 Å². The zero-order valence-corrected chi connectivity index (χ0v) is 11.9. The predicted octanol–water partition coefficient (Wildman–Crippen LogP) is -0.877. The average molecular weight is 290 g/mol. The average Bonchev–Trinajstić information content (AvgIpc) is 2.65. The standard InChI is InChI=1S/C12H22N2O4S/c13-9-12(3-1-4-12)11(16)14(5-6-15)10-2-7-19(17,18)8-10/h10,15H,1-9,13H2. The van der Waals surface area contributed by atoms with Gasteiger partial charge in [0.2, 0.25) is 5.91 Å². The fraction of sp³-hybridized carbons (Fsp3) is 0.917. The van der Waals surface area contributed by atoms with Crippen molar-refractivity contribution < 1.29 is 18.3 Å². The van der Waals surface area contributed by atoms with Crippen LogP contribution < -0.4 is 5.73 Å². The van der Waals surface area contributed by atoms with Gasteiger partial charge < -0.3 is 15.7 Å². The molecule has 1 amide bonds. The predicted molar refractivity (Wildman–Crippen MR) is 71.2 cm³/mol. The third-order valence-corrected chi connectivity index (χ3v) is 6.16. The molecule has 0 radical (unpaired) electrons. The van der Waals surface area contributed by atoms with Crippen LogP contribution in [0.15, 0.2) is 0 Å². The van der Waals surface area contributed by atoms with Gasteiger partial charge in [0, 0.05) is 19.1 Å². The van der Waals surface area contributed by atoms with Gasteiger partial charge in [-0.2, -0.15) is 0 Å². The minimum atomic E-state index is -3.04. The largest absolute Gasteiger partial charge is 0.395 e. The molecule has 0 aromatic heterocycles. The maximum Gasteiger partial charge on any atom is 0.230 e. The van der Waals surface area contributed by atoms with Gasteiger partial charge in [-0.3, -0.25) is 4.79 Å². The fourth-order valence-corrected chi connectivity index (χ4v) is 4.72. The molecule has 0 aromatic rings. The van der Waals surface area contributed by atoms with Crippen molar-refractivity contribution in [3.8, 4) is 0 Å². The second kappa shape index (κ2) is 5.38. The number of hydrogen-bond acceptors (Lipinski definition) is 5. The lowest BCUT2D eigenvalue weighted by molar-refractivity contribution is -0.149. The van der Waals surface area contributed by atoms with E-state index in [-0.39, 0.29) is 36.6 Å². The molecule has 1 atom stereocenters. The van der Waals surface area contributed by atoms with Gasteiger partial charge >= 0.3 is 0 Å². The quantitative estimate of drug-likeness (QED) is 0.685. The summed E-state index contributed by atoms with van der Waals surface area (Å²) >= 11 is 0. The number of aliphatic hydroxyl groups excluding tert-OH is 1. The lowest BCUT2D eigenvalue weighted by atomic mass is 9.67. The van der Waals surface area contributed by atoms with Crippen LogP contribution in [0.2, 0.25) is 0 Å². The molecule has 1 unspecified atom stereocenters. The smallest absolute Gasteiger partial charge is 0.230 e. The van der Waals surface area contributed by atoms with Crippen molar-refractivity contribution in [2.24, 2.45) is 11.1 Å². The van der Waals surface area contributed by atoms with Crippen LogP contribution in [0.1, 0.15) is 25.7 Å². The van der Waals surface area contributed by atoms with Gasteiger partial charge in [0.1, 0.15) is 0 Å². The molecule has 19 heavy (non-hydrogen) atoms. The van der Waals surface area contributed by atoms with Crippen LogP contribution >= 0.6 is 0 Å². The number of carbonyl (C=O) groups is 1. The van der Waals surface area contributed by atoms with Gasteiger partial charge in [-0.15, -0.1) is 0 Å². The first-order chi connectivity index (χ1) is 8.94. The fourth-order valence-electron chi connectivity index (χ4n) is 2.99. The summed E-state index contributed by atoms with van der Waals surface area (Å²) in [7, 11) is -3.04. The number of hydrogen-bond donors (Lipinski definition) is 2. The molecule has 0 spiro atoms. The molecular weight excluding hydrogens is 268 g/mol. The maximum atomic E-state index is 12.6. The molecule has 1 aliphatic heterocycles. The van der Waals surface area contributed by atoms with Crippen molar-refractivity contribution in [2.45, 2.75) is 31.7 Å². The van der Waals surface area contributed by atoms with E-state index in [1.54, 1.807) is 4.90 Å². The highest BCUT2D eigenvalue weighted by molar-refractivity contribution is 7.91. The van der Waals surface area contributed by atoms with Gasteiger partial charge in [-0.05, 0) is 19.3 Å². The molecule has 1 saturated heterocycles. The van der Waals surface area contributed by atoms with E-state index in [0.29, 0.717) is 13.0 Å². The summed E-state index contributed by atoms with van der Waals surface area (Å²) in [5.74, 6) is 0.0689. The molecule has 1 aliphatic carbocycles. The molecule has 6 nitrogen and oxygen atoms in total. The summed E-state index contributed by atoms with van der Waals surface area (Å²) in [6.45, 7) is 0.344. The van der Waals surface area contributed by atoms with Gasteiger partial charge in [-0.25, -0.2) is 8.42 Å². The Bertz CT molecular complexity index is 439. The van der Waals surface area contributed by atoms with Crippen molar-refractivity contribution in [1.29, 1.82) is 0 Å². The molecular formula is C12H22N2O4S. The molecule has 7 heteroatoms. The van der Waals surface area contributed by atoms with E-state index >= 15 is 0 Å². The maximum absolute atomic E-state index is 12.6. The monoisotopic (exact) mass is 290 g/mol. The normalized spacial score (nSPS) is 27.8. The number of sulfone groups is 1. The van der Waals surface area contributed by atoms with Crippen LogP contribution in [0.25, 0.3) is 0 Å². The SMILES string of the molecule is NCC1(C(=O)N(CCO)C2CCS(=O)(=O)C2)CCC1. The number of aliphatic hydroxyl groups is 1. The highest BCUT2D eigenvalue weighted by Gasteiger charge is 2.47. The van der Waals surface area contributed by atoms with Crippen molar-refractivity contribution in [3.63, 3.8) is 0 Å². The summed E-state index contributed by atoms with van der Waals surface area (Å²) in [5.41, 5.74) is 5.22. The number of rotatable bonds is 5. The second-order valence-corrected chi connectivity index (χ2v) is 7.85. The first-order valence-electron chi connectivity index (χ1n) is 6.76. The summed E-state index contributed by atoms with van der Waals surface area (Å²) in [5, 5.41) is 9.13. The summed E-state index contributed by atoms with van der Waals surface area (Å²) in [4.78, 5) is 14.2. The Hall–Kier alpha value is -0.660. The first-order valence-corrected chi connectivity index (χ1v) is 8.59. The van der Waals surface area contributed by atoms with Crippen LogP contribution in [-0.2, 0) is 14.6 Å². The molecule has 110 valence electrons. The van der Waals surface area contributed by atoms with E-state index in [2.05, 4.69) is 0 Å².